The van der Waals surface area contributed by atoms with Gasteiger partial charge in [-0.2, -0.15) is 0 Å². The van der Waals surface area contributed by atoms with Gasteiger partial charge < -0.3 is 20.3 Å². The lowest BCUT2D eigenvalue weighted by Gasteiger charge is -2.20. The van der Waals surface area contributed by atoms with Crippen LogP contribution < -0.4 is 5.32 Å². The molecule has 0 aliphatic heterocycles. The van der Waals surface area contributed by atoms with E-state index in [4.69, 9.17) is 4.74 Å². The molecule has 0 rings (SSSR count). The second-order valence-corrected chi connectivity index (χ2v) is 24.6. The first-order valence-corrected chi connectivity index (χ1v) is 35.9. The standard InChI is InChI=1S/C74H139NO5/c1-3-5-7-9-11-13-15-17-19-21-22-28-31-35-38-42-46-50-54-58-62-66-72(77)71(70-76)75-73(78)67-63-59-55-51-47-43-39-36-32-29-26-24-23-25-27-30-33-37-41-45-49-53-57-61-65-69-80-74(79)68-64-60-56-52-48-44-40-34-20-18-16-14-12-10-8-6-4-2/h18,20,24-27,62,66,71-72,76-77H,3-17,19,21-23,28-61,63-65,67-70H2,1-2H3,(H,75,78)/b20-18-,26-24-,27-25-,66-62+. The Kier molecular flexibility index (Phi) is 67.4. The summed E-state index contributed by atoms with van der Waals surface area (Å²) in [5.41, 5.74) is 0. The summed E-state index contributed by atoms with van der Waals surface area (Å²) in [6.07, 6.45) is 90.4. The minimum absolute atomic E-state index is 0.00553. The van der Waals surface area contributed by atoms with Crippen LogP contribution in [0.2, 0.25) is 0 Å². The predicted octanol–water partition coefficient (Wildman–Crippen LogP) is 23.3. The second-order valence-electron chi connectivity index (χ2n) is 24.6. The van der Waals surface area contributed by atoms with Gasteiger partial charge in [0.1, 0.15) is 0 Å². The van der Waals surface area contributed by atoms with Crippen LogP contribution in [0.3, 0.4) is 0 Å². The molecule has 0 aromatic carbocycles. The van der Waals surface area contributed by atoms with E-state index in [2.05, 4.69) is 55.6 Å². The van der Waals surface area contributed by atoms with Crippen LogP contribution >= 0.6 is 0 Å². The van der Waals surface area contributed by atoms with Crippen molar-refractivity contribution in [3.63, 3.8) is 0 Å². The van der Waals surface area contributed by atoms with Crippen LogP contribution in [0.5, 0.6) is 0 Å². The number of esters is 1. The van der Waals surface area contributed by atoms with E-state index in [0.29, 0.717) is 19.4 Å². The van der Waals surface area contributed by atoms with Gasteiger partial charge >= 0.3 is 5.97 Å². The highest BCUT2D eigenvalue weighted by atomic mass is 16.5. The summed E-state index contributed by atoms with van der Waals surface area (Å²) < 4.78 is 5.49. The molecule has 0 bridgehead atoms. The fraction of sp³-hybridized carbons (Fsp3) is 0.865. The minimum Gasteiger partial charge on any atom is -0.466 e. The topological polar surface area (TPSA) is 95.9 Å². The second kappa shape index (κ2) is 69.3. The molecular weight excluding hydrogens is 983 g/mol. The Morgan fingerprint density at radius 1 is 0.350 bits per heavy atom. The lowest BCUT2D eigenvalue weighted by atomic mass is 10.0. The molecule has 0 aromatic rings. The zero-order valence-corrected chi connectivity index (χ0v) is 53.8. The molecule has 0 aliphatic rings. The summed E-state index contributed by atoms with van der Waals surface area (Å²) >= 11 is 0. The number of nitrogens with one attached hydrogen (secondary N) is 1. The fourth-order valence-electron chi connectivity index (χ4n) is 11.1. The van der Waals surface area contributed by atoms with Crippen molar-refractivity contribution in [2.24, 2.45) is 0 Å². The average molecular weight is 1120 g/mol. The van der Waals surface area contributed by atoms with Gasteiger partial charge in [0.2, 0.25) is 5.91 Å². The largest absolute Gasteiger partial charge is 0.466 e. The number of carbonyl (C=O) groups excluding carboxylic acids is 2. The minimum atomic E-state index is -0.851. The number of aliphatic hydroxyl groups excluding tert-OH is 2. The Balaban J connectivity index is 3.45. The Morgan fingerprint density at radius 2 is 0.625 bits per heavy atom. The third-order valence-electron chi connectivity index (χ3n) is 16.6. The van der Waals surface area contributed by atoms with Crippen LogP contribution in [-0.2, 0) is 14.3 Å². The zero-order valence-electron chi connectivity index (χ0n) is 53.8. The number of aliphatic hydroxyl groups is 2. The van der Waals surface area contributed by atoms with Gasteiger partial charge in [-0.1, -0.05) is 332 Å². The molecule has 0 radical (unpaired) electrons. The molecule has 0 saturated carbocycles. The highest BCUT2D eigenvalue weighted by Gasteiger charge is 2.18. The van der Waals surface area contributed by atoms with Gasteiger partial charge in [0.15, 0.2) is 0 Å². The first kappa shape index (κ1) is 77.8. The van der Waals surface area contributed by atoms with E-state index in [-0.39, 0.29) is 18.5 Å². The smallest absolute Gasteiger partial charge is 0.305 e. The highest BCUT2D eigenvalue weighted by molar-refractivity contribution is 5.76. The summed E-state index contributed by atoms with van der Waals surface area (Å²) in [5.74, 6) is -0.0656. The first-order chi connectivity index (χ1) is 39.5. The molecule has 80 heavy (non-hydrogen) atoms. The van der Waals surface area contributed by atoms with E-state index in [0.717, 1.165) is 51.4 Å². The Bertz CT molecular complexity index is 1340. The maximum atomic E-state index is 12.5. The fourth-order valence-corrected chi connectivity index (χ4v) is 11.1. The van der Waals surface area contributed by atoms with Gasteiger partial charge in [-0.3, -0.25) is 9.59 Å². The molecule has 0 aliphatic carbocycles. The summed E-state index contributed by atoms with van der Waals surface area (Å²) in [6, 6.07) is -0.634. The third-order valence-corrected chi connectivity index (χ3v) is 16.6. The molecule has 0 aromatic heterocycles. The molecule has 1 amide bonds. The Morgan fingerprint density at radius 3 is 0.963 bits per heavy atom. The highest BCUT2D eigenvalue weighted by Crippen LogP contribution is 2.18. The lowest BCUT2D eigenvalue weighted by Crippen LogP contribution is -2.45. The van der Waals surface area contributed by atoms with Gasteiger partial charge in [-0.15, -0.1) is 0 Å². The number of carbonyl (C=O) groups is 2. The zero-order chi connectivity index (χ0) is 57.8. The quantitative estimate of drug-likeness (QED) is 0.0320. The number of hydrogen-bond acceptors (Lipinski definition) is 5. The van der Waals surface area contributed by atoms with Gasteiger partial charge in [0.05, 0.1) is 25.4 Å². The van der Waals surface area contributed by atoms with Crippen molar-refractivity contribution in [1.82, 2.24) is 5.32 Å². The Hall–Kier alpha value is -2.18. The third kappa shape index (κ3) is 65.0. The van der Waals surface area contributed by atoms with Crippen molar-refractivity contribution in [1.29, 1.82) is 0 Å². The van der Waals surface area contributed by atoms with Gasteiger partial charge in [0.25, 0.3) is 0 Å². The summed E-state index contributed by atoms with van der Waals surface area (Å²) in [4.78, 5) is 24.6. The number of unbranched alkanes of at least 4 members (excludes halogenated alkanes) is 50. The molecule has 0 fully saturated rings. The summed E-state index contributed by atoms with van der Waals surface area (Å²) in [5, 5.41) is 23.2. The maximum Gasteiger partial charge on any atom is 0.305 e. The van der Waals surface area contributed by atoms with E-state index >= 15 is 0 Å². The van der Waals surface area contributed by atoms with E-state index in [1.54, 1.807) is 6.08 Å². The van der Waals surface area contributed by atoms with E-state index in [9.17, 15) is 19.8 Å². The molecule has 6 heteroatoms. The van der Waals surface area contributed by atoms with E-state index < -0.39 is 12.1 Å². The van der Waals surface area contributed by atoms with Crippen molar-refractivity contribution in [3.8, 4) is 0 Å². The number of amides is 1. The van der Waals surface area contributed by atoms with Crippen LogP contribution in [0.15, 0.2) is 48.6 Å². The van der Waals surface area contributed by atoms with Crippen molar-refractivity contribution in [2.75, 3.05) is 13.2 Å². The molecule has 470 valence electrons. The van der Waals surface area contributed by atoms with Gasteiger partial charge in [-0.25, -0.2) is 0 Å². The first-order valence-electron chi connectivity index (χ1n) is 35.9. The van der Waals surface area contributed by atoms with E-state index in [1.165, 1.54) is 308 Å². The summed E-state index contributed by atoms with van der Waals surface area (Å²) in [6.45, 7) is 4.92. The number of allylic oxidation sites excluding steroid dienone is 7. The summed E-state index contributed by atoms with van der Waals surface area (Å²) in [7, 11) is 0. The maximum absolute atomic E-state index is 12.5. The lowest BCUT2D eigenvalue weighted by molar-refractivity contribution is -0.143. The molecular formula is C74H139NO5. The Labute approximate surface area is 499 Å². The van der Waals surface area contributed by atoms with Crippen LogP contribution in [0, 0.1) is 0 Å². The molecule has 6 nitrogen and oxygen atoms in total. The monoisotopic (exact) mass is 1120 g/mol. The normalized spacial score (nSPS) is 12.8. The van der Waals surface area contributed by atoms with Crippen LogP contribution in [0.4, 0.5) is 0 Å². The van der Waals surface area contributed by atoms with Crippen molar-refractivity contribution in [2.45, 2.75) is 398 Å². The molecule has 2 unspecified atom stereocenters. The van der Waals surface area contributed by atoms with Crippen LogP contribution in [0.25, 0.3) is 0 Å². The molecule has 3 N–H and O–H groups in total. The predicted molar refractivity (Wildman–Crippen MR) is 352 cm³/mol. The van der Waals surface area contributed by atoms with Crippen molar-refractivity contribution in [3.05, 3.63) is 48.6 Å². The molecule has 0 saturated heterocycles. The van der Waals surface area contributed by atoms with Gasteiger partial charge in [0, 0.05) is 12.8 Å². The van der Waals surface area contributed by atoms with Crippen molar-refractivity contribution < 1.29 is 24.5 Å². The number of hydrogen-bond donors (Lipinski definition) is 3. The van der Waals surface area contributed by atoms with E-state index in [1.807, 2.05) is 6.08 Å². The van der Waals surface area contributed by atoms with Gasteiger partial charge in [-0.05, 0) is 89.9 Å². The average Bonchev–Trinajstić information content (AvgIpc) is 3.46. The molecule has 2 atom stereocenters. The van der Waals surface area contributed by atoms with Crippen LogP contribution in [0.1, 0.15) is 386 Å². The SMILES string of the molecule is CCCCCCCC/C=C\CCCCCCCCCC(=O)OCCCCCCCCCCC/C=C\C/C=C\CCCCCCCCCCCC(=O)NC(CO)C(O)/C=C/CCCCCCCCCCCCCCCCCCCCC. The van der Waals surface area contributed by atoms with Crippen molar-refractivity contribution >= 4 is 11.9 Å². The molecule has 0 spiro atoms. The van der Waals surface area contributed by atoms with Crippen LogP contribution in [-0.4, -0.2) is 47.4 Å². The number of rotatable bonds is 67. The molecule has 0 heterocycles. The number of ether oxygens (including phenoxy) is 1.